The van der Waals surface area contributed by atoms with Crippen LogP contribution in [0.15, 0.2) is 42.5 Å². The molecule has 24 heavy (non-hydrogen) atoms. The summed E-state index contributed by atoms with van der Waals surface area (Å²) in [6.07, 6.45) is 0. The highest BCUT2D eigenvalue weighted by atomic mass is 35.5. The molecule has 2 N–H and O–H groups in total. The molecule has 6 heteroatoms. The van der Waals surface area contributed by atoms with Crippen molar-refractivity contribution >= 4 is 17.5 Å². The zero-order valence-electron chi connectivity index (χ0n) is 13.9. The standard InChI is InChI=1S/C18H21ClN2O3/c1-20-11-17(22)21-18(13-6-4-5-7-15(13)19)14-9-8-12(23-2)10-16(14)24-3/h4-10,18,20H,11H2,1-3H3,(H,21,22)/t18-/m0/s1. The number of amides is 1. The van der Waals surface area contributed by atoms with Crippen molar-refractivity contribution in [2.24, 2.45) is 0 Å². The van der Waals surface area contributed by atoms with E-state index >= 15 is 0 Å². The summed E-state index contributed by atoms with van der Waals surface area (Å²) in [4.78, 5) is 12.2. The number of hydrogen-bond acceptors (Lipinski definition) is 4. The van der Waals surface area contributed by atoms with Crippen LogP contribution in [0, 0.1) is 0 Å². The van der Waals surface area contributed by atoms with Crippen LogP contribution in [0.1, 0.15) is 17.2 Å². The summed E-state index contributed by atoms with van der Waals surface area (Å²) in [6.45, 7) is 0.208. The predicted molar refractivity (Wildman–Crippen MR) is 94.9 cm³/mol. The van der Waals surface area contributed by atoms with Crippen LogP contribution in [-0.4, -0.2) is 33.7 Å². The van der Waals surface area contributed by atoms with Gasteiger partial charge in [-0.25, -0.2) is 0 Å². The highest BCUT2D eigenvalue weighted by molar-refractivity contribution is 6.31. The maximum atomic E-state index is 12.2. The molecule has 0 spiro atoms. The van der Waals surface area contributed by atoms with Gasteiger partial charge in [-0.3, -0.25) is 4.79 Å². The van der Waals surface area contributed by atoms with E-state index in [1.54, 1.807) is 33.4 Å². The molecule has 0 unspecified atom stereocenters. The summed E-state index contributed by atoms with van der Waals surface area (Å²) < 4.78 is 10.7. The topological polar surface area (TPSA) is 59.6 Å². The molecule has 128 valence electrons. The number of nitrogens with one attached hydrogen (secondary N) is 2. The number of carbonyl (C=O) groups excluding carboxylic acids is 1. The second-order valence-corrected chi connectivity index (χ2v) is 5.57. The van der Waals surface area contributed by atoms with Crippen LogP contribution < -0.4 is 20.1 Å². The average molecular weight is 349 g/mol. The Balaban J connectivity index is 2.50. The van der Waals surface area contributed by atoms with Gasteiger partial charge in [0.2, 0.25) is 5.91 Å². The van der Waals surface area contributed by atoms with Crippen molar-refractivity contribution in [3.05, 3.63) is 58.6 Å². The van der Waals surface area contributed by atoms with Gasteiger partial charge in [0, 0.05) is 16.7 Å². The van der Waals surface area contributed by atoms with E-state index in [1.807, 2.05) is 30.3 Å². The number of methoxy groups -OCH3 is 2. The van der Waals surface area contributed by atoms with Gasteiger partial charge in [-0.15, -0.1) is 0 Å². The minimum absolute atomic E-state index is 0.139. The van der Waals surface area contributed by atoms with Crippen LogP contribution in [-0.2, 0) is 4.79 Å². The Hall–Kier alpha value is -2.24. The predicted octanol–water partition coefficient (Wildman–Crippen LogP) is 2.78. The van der Waals surface area contributed by atoms with Crippen molar-refractivity contribution in [2.75, 3.05) is 27.8 Å². The van der Waals surface area contributed by atoms with Crippen molar-refractivity contribution in [1.29, 1.82) is 0 Å². The van der Waals surface area contributed by atoms with Gasteiger partial charge in [0.1, 0.15) is 11.5 Å². The van der Waals surface area contributed by atoms with E-state index in [2.05, 4.69) is 10.6 Å². The fourth-order valence-corrected chi connectivity index (χ4v) is 2.71. The van der Waals surface area contributed by atoms with E-state index in [0.29, 0.717) is 16.5 Å². The molecule has 0 saturated heterocycles. The molecular weight excluding hydrogens is 328 g/mol. The summed E-state index contributed by atoms with van der Waals surface area (Å²) in [5, 5.41) is 6.41. The largest absolute Gasteiger partial charge is 0.497 e. The van der Waals surface area contributed by atoms with Crippen molar-refractivity contribution in [2.45, 2.75) is 6.04 Å². The minimum Gasteiger partial charge on any atom is -0.497 e. The van der Waals surface area contributed by atoms with E-state index in [1.165, 1.54) is 0 Å². The normalized spacial score (nSPS) is 11.7. The quantitative estimate of drug-likeness (QED) is 0.807. The third-order valence-corrected chi connectivity index (χ3v) is 3.95. The third-order valence-electron chi connectivity index (χ3n) is 3.61. The van der Waals surface area contributed by atoms with Crippen LogP contribution in [0.2, 0.25) is 5.02 Å². The molecule has 2 aromatic carbocycles. The Labute approximate surface area is 146 Å². The van der Waals surface area contributed by atoms with Crippen molar-refractivity contribution < 1.29 is 14.3 Å². The SMILES string of the molecule is CNCC(=O)N[C@@H](c1ccccc1Cl)c1ccc(OC)cc1OC. The first kappa shape index (κ1) is 18.1. The van der Waals surface area contributed by atoms with Gasteiger partial charge in [-0.2, -0.15) is 0 Å². The fraction of sp³-hybridized carbons (Fsp3) is 0.278. The lowest BCUT2D eigenvalue weighted by Gasteiger charge is -2.23. The van der Waals surface area contributed by atoms with Crippen LogP contribution in [0.5, 0.6) is 11.5 Å². The van der Waals surface area contributed by atoms with Crippen molar-refractivity contribution in [1.82, 2.24) is 10.6 Å². The molecule has 0 fully saturated rings. The second kappa shape index (κ2) is 8.57. The molecule has 0 bridgehead atoms. The van der Waals surface area contributed by atoms with E-state index in [-0.39, 0.29) is 12.5 Å². The maximum Gasteiger partial charge on any atom is 0.234 e. The Kier molecular flexibility index (Phi) is 6.46. The van der Waals surface area contributed by atoms with Gasteiger partial charge in [-0.1, -0.05) is 29.8 Å². The first-order valence-corrected chi connectivity index (χ1v) is 7.88. The molecule has 2 rings (SSSR count). The van der Waals surface area contributed by atoms with E-state index < -0.39 is 6.04 Å². The molecule has 2 aromatic rings. The highest BCUT2D eigenvalue weighted by Gasteiger charge is 2.22. The molecule has 0 radical (unpaired) electrons. The fourth-order valence-electron chi connectivity index (χ4n) is 2.46. The van der Waals surface area contributed by atoms with Crippen LogP contribution in [0.3, 0.4) is 0 Å². The molecule has 0 aliphatic heterocycles. The Morgan fingerprint density at radius 1 is 1.12 bits per heavy atom. The number of likely N-dealkylation sites (N-methyl/N-ethyl adjacent to an activating group) is 1. The number of halogens is 1. The smallest absolute Gasteiger partial charge is 0.234 e. The number of hydrogen-bond donors (Lipinski definition) is 2. The summed E-state index contributed by atoms with van der Waals surface area (Å²) in [5.74, 6) is 1.15. The van der Waals surface area contributed by atoms with E-state index in [4.69, 9.17) is 21.1 Å². The first-order valence-electron chi connectivity index (χ1n) is 7.51. The Bertz CT molecular complexity index is 706. The zero-order valence-corrected chi connectivity index (χ0v) is 14.7. The summed E-state index contributed by atoms with van der Waals surface area (Å²) >= 11 is 6.35. The molecule has 0 heterocycles. The van der Waals surface area contributed by atoms with Crippen LogP contribution in [0.25, 0.3) is 0 Å². The van der Waals surface area contributed by atoms with Crippen molar-refractivity contribution in [3.63, 3.8) is 0 Å². The second-order valence-electron chi connectivity index (χ2n) is 5.16. The molecule has 0 aliphatic rings. The van der Waals surface area contributed by atoms with Crippen LogP contribution >= 0.6 is 11.6 Å². The van der Waals surface area contributed by atoms with Gasteiger partial charge in [-0.05, 0) is 30.8 Å². The summed E-state index contributed by atoms with van der Waals surface area (Å²) in [7, 11) is 4.89. The third kappa shape index (κ3) is 4.19. The number of carbonyl (C=O) groups is 1. The zero-order chi connectivity index (χ0) is 17.5. The van der Waals surface area contributed by atoms with Gasteiger partial charge in [0.15, 0.2) is 0 Å². The van der Waals surface area contributed by atoms with Crippen LogP contribution in [0.4, 0.5) is 0 Å². The van der Waals surface area contributed by atoms with E-state index in [9.17, 15) is 4.79 Å². The summed E-state index contributed by atoms with van der Waals surface area (Å²) in [6, 6.07) is 12.5. The van der Waals surface area contributed by atoms with E-state index in [0.717, 1.165) is 11.1 Å². The lowest BCUT2D eigenvalue weighted by molar-refractivity contribution is -0.120. The highest BCUT2D eigenvalue weighted by Crippen LogP contribution is 2.35. The van der Waals surface area contributed by atoms with Gasteiger partial charge in [0.05, 0.1) is 26.8 Å². The first-order chi connectivity index (χ1) is 11.6. The lowest BCUT2D eigenvalue weighted by atomic mass is 9.97. The van der Waals surface area contributed by atoms with Crippen molar-refractivity contribution in [3.8, 4) is 11.5 Å². The maximum absolute atomic E-state index is 12.2. The number of benzene rings is 2. The Morgan fingerprint density at radius 2 is 1.88 bits per heavy atom. The van der Waals surface area contributed by atoms with Gasteiger partial charge in [0.25, 0.3) is 0 Å². The molecule has 5 nitrogen and oxygen atoms in total. The molecule has 0 aliphatic carbocycles. The monoisotopic (exact) mass is 348 g/mol. The number of rotatable bonds is 7. The van der Waals surface area contributed by atoms with Gasteiger partial charge >= 0.3 is 0 Å². The summed E-state index contributed by atoms with van der Waals surface area (Å²) in [5.41, 5.74) is 1.60. The average Bonchev–Trinajstić information content (AvgIpc) is 2.60. The molecule has 0 aromatic heterocycles. The minimum atomic E-state index is -0.430. The molecule has 0 saturated carbocycles. The molecular formula is C18H21ClN2O3. The van der Waals surface area contributed by atoms with Gasteiger partial charge < -0.3 is 20.1 Å². The lowest BCUT2D eigenvalue weighted by Crippen LogP contribution is -2.35. The molecule has 1 amide bonds. The Morgan fingerprint density at radius 3 is 2.50 bits per heavy atom. The molecule has 1 atom stereocenters. The number of ether oxygens (including phenoxy) is 2.